The van der Waals surface area contributed by atoms with Crippen LogP contribution in [0.15, 0.2) is 54.6 Å². The Balaban J connectivity index is 1.47. The van der Waals surface area contributed by atoms with E-state index in [1.165, 1.54) is 0 Å². The highest BCUT2D eigenvalue weighted by molar-refractivity contribution is 5.99. The second-order valence-electron chi connectivity index (χ2n) is 6.90. The minimum absolute atomic E-state index is 0.0372. The van der Waals surface area contributed by atoms with Crippen molar-refractivity contribution in [2.45, 2.75) is 32.9 Å². The molecule has 0 saturated heterocycles. The van der Waals surface area contributed by atoms with Crippen molar-refractivity contribution in [3.63, 3.8) is 0 Å². The highest BCUT2D eigenvalue weighted by atomic mass is 16.5. The number of amides is 2. The lowest BCUT2D eigenvalue weighted by Gasteiger charge is -2.09. The quantitative estimate of drug-likeness (QED) is 0.803. The van der Waals surface area contributed by atoms with Gasteiger partial charge in [0.1, 0.15) is 12.4 Å². The zero-order valence-corrected chi connectivity index (χ0v) is 15.1. The van der Waals surface area contributed by atoms with Crippen LogP contribution in [-0.2, 0) is 16.2 Å². The first-order valence-corrected chi connectivity index (χ1v) is 8.91. The molecule has 5 nitrogen and oxygen atoms in total. The van der Waals surface area contributed by atoms with Crippen molar-refractivity contribution in [3.8, 4) is 5.75 Å². The van der Waals surface area contributed by atoms with Crippen molar-refractivity contribution in [2.75, 3.05) is 5.32 Å². The van der Waals surface area contributed by atoms with E-state index in [2.05, 4.69) is 10.6 Å². The highest BCUT2D eigenvalue weighted by Crippen LogP contribution is 2.39. The van der Waals surface area contributed by atoms with Crippen molar-refractivity contribution in [1.29, 1.82) is 0 Å². The zero-order valence-electron chi connectivity index (χ0n) is 15.1. The molecule has 136 valence electrons. The normalized spacial score (nSPS) is 18.3. The van der Waals surface area contributed by atoms with Crippen LogP contribution in [0.25, 0.3) is 0 Å². The van der Waals surface area contributed by atoms with Gasteiger partial charge >= 0.3 is 0 Å². The van der Waals surface area contributed by atoms with Gasteiger partial charge in [0.05, 0.1) is 11.8 Å². The third-order valence-corrected chi connectivity index (χ3v) is 4.27. The summed E-state index contributed by atoms with van der Waals surface area (Å²) in [4.78, 5) is 24.2. The summed E-state index contributed by atoms with van der Waals surface area (Å²) in [6.07, 6.45) is 0.614. The smallest absolute Gasteiger partial charge is 0.228 e. The molecule has 1 aliphatic carbocycles. The Labute approximate surface area is 153 Å². The summed E-state index contributed by atoms with van der Waals surface area (Å²) in [5, 5.41) is 5.72. The number of nitrogens with one attached hydrogen (secondary N) is 2. The summed E-state index contributed by atoms with van der Waals surface area (Å²) in [6, 6.07) is 17.3. The summed E-state index contributed by atoms with van der Waals surface area (Å²) >= 11 is 0. The average molecular weight is 352 g/mol. The summed E-state index contributed by atoms with van der Waals surface area (Å²) in [5.74, 6) is 0.165. The fourth-order valence-corrected chi connectivity index (χ4v) is 2.78. The fraction of sp³-hybridized carbons (Fsp3) is 0.333. The number of carbonyl (C=O) groups excluding carboxylic acids is 2. The van der Waals surface area contributed by atoms with Gasteiger partial charge in [-0.2, -0.15) is 0 Å². The van der Waals surface area contributed by atoms with Crippen LogP contribution in [0.1, 0.15) is 25.8 Å². The fourth-order valence-electron chi connectivity index (χ4n) is 2.78. The van der Waals surface area contributed by atoms with Gasteiger partial charge in [0, 0.05) is 11.7 Å². The second-order valence-corrected chi connectivity index (χ2v) is 6.90. The van der Waals surface area contributed by atoms with Crippen LogP contribution in [0.2, 0.25) is 0 Å². The molecule has 1 aliphatic rings. The van der Waals surface area contributed by atoms with Crippen molar-refractivity contribution >= 4 is 17.5 Å². The number of rotatable bonds is 7. The molecule has 1 fully saturated rings. The maximum absolute atomic E-state index is 12.2. The molecule has 2 atom stereocenters. The van der Waals surface area contributed by atoms with Gasteiger partial charge in [-0.1, -0.05) is 30.3 Å². The van der Waals surface area contributed by atoms with E-state index in [9.17, 15) is 9.59 Å². The van der Waals surface area contributed by atoms with Crippen LogP contribution in [-0.4, -0.2) is 17.9 Å². The van der Waals surface area contributed by atoms with E-state index in [1.807, 2.05) is 68.4 Å². The maximum Gasteiger partial charge on any atom is 0.228 e. The van der Waals surface area contributed by atoms with Gasteiger partial charge in [0.15, 0.2) is 0 Å². The maximum atomic E-state index is 12.2. The Morgan fingerprint density at radius 3 is 2.31 bits per heavy atom. The largest absolute Gasteiger partial charge is 0.489 e. The Morgan fingerprint density at radius 1 is 1.00 bits per heavy atom. The molecule has 2 aromatic carbocycles. The Bertz CT molecular complexity index is 757. The van der Waals surface area contributed by atoms with Crippen molar-refractivity contribution in [1.82, 2.24) is 5.32 Å². The molecule has 2 N–H and O–H groups in total. The third kappa shape index (κ3) is 4.85. The molecule has 1 saturated carbocycles. The Morgan fingerprint density at radius 2 is 1.65 bits per heavy atom. The van der Waals surface area contributed by atoms with E-state index in [4.69, 9.17) is 4.74 Å². The molecule has 5 heteroatoms. The molecule has 0 bridgehead atoms. The lowest BCUT2D eigenvalue weighted by molar-refractivity contribution is -0.125. The molecular formula is C21H24N2O3. The Hall–Kier alpha value is -2.82. The van der Waals surface area contributed by atoms with Crippen molar-refractivity contribution < 1.29 is 14.3 Å². The van der Waals surface area contributed by atoms with E-state index in [0.717, 1.165) is 11.3 Å². The average Bonchev–Trinajstić information content (AvgIpc) is 3.42. The van der Waals surface area contributed by atoms with Crippen LogP contribution < -0.4 is 15.4 Å². The van der Waals surface area contributed by atoms with Gasteiger partial charge in [0.25, 0.3) is 0 Å². The monoisotopic (exact) mass is 352 g/mol. The van der Waals surface area contributed by atoms with Gasteiger partial charge in [-0.3, -0.25) is 9.59 Å². The molecule has 0 spiro atoms. The molecular weight excluding hydrogens is 328 g/mol. The topological polar surface area (TPSA) is 67.4 Å². The van der Waals surface area contributed by atoms with Crippen LogP contribution in [0, 0.1) is 11.8 Å². The number of carbonyl (C=O) groups is 2. The van der Waals surface area contributed by atoms with Gasteiger partial charge < -0.3 is 15.4 Å². The molecule has 2 amide bonds. The van der Waals surface area contributed by atoms with Crippen molar-refractivity contribution in [3.05, 3.63) is 60.2 Å². The lowest BCUT2D eigenvalue weighted by atomic mass is 10.2. The molecule has 2 unspecified atom stereocenters. The molecule has 0 aromatic heterocycles. The number of anilines is 1. The van der Waals surface area contributed by atoms with E-state index < -0.39 is 0 Å². The predicted octanol–water partition coefficient (Wildman–Crippen LogP) is 3.36. The van der Waals surface area contributed by atoms with Gasteiger partial charge in [0.2, 0.25) is 11.8 Å². The molecule has 3 rings (SSSR count). The SMILES string of the molecule is CC(C)NC(=O)C1CC1C(=O)Nc1ccc(OCc2ccccc2)cc1. The van der Waals surface area contributed by atoms with Crippen LogP contribution in [0.4, 0.5) is 5.69 Å². The number of ether oxygens (including phenoxy) is 1. The molecule has 0 aliphatic heterocycles. The highest BCUT2D eigenvalue weighted by Gasteiger charge is 2.48. The first kappa shape index (κ1) is 18.0. The third-order valence-electron chi connectivity index (χ3n) is 4.27. The van der Waals surface area contributed by atoms with E-state index >= 15 is 0 Å². The second kappa shape index (κ2) is 8.04. The molecule has 0 radical (unpaired) electrons. The lowest BCUT2D eigenvalue weighted by Crippen LogP contribution is -2.32. The van der Waals surface area contributed by atoms with E-state index in [-0.39, 0.29) is 29.7 Å². The number of benzene rings is 2. The van der Waals surface area contributed by atoms with Crippen LogP contribution >= 0.6 is 0 Å². The number of hydrogen-bond donors (Lipinski definition) is 2. The van der Waals surface area contributed by atoms with Crippen LogP contribution in [0.3, 0.4) is 0 Å². The Kier molecular flexibility index (Phi) is 5.56. The van der Waals surface area contributed by atoms with E-state index in [1.54, 1.807) is 0 Å². The first-order valence-electron chi connectivity index (χ1n) is 8.91. The molecule has 0 heterocycles. The first-order chi connectivity index (χ1) is 12.5. The minimum atomic E-state index is -0.234. The van der Waals surface area contributed by atoms with Crippen molar-refractivity contribution in [2.24, 2.45) is 11.8 Å². The van der Waals surface area contributed by atoms with E-state index in [0.29, 0.717) is 18.7 Å². The predicted molar refractivity (Wildman–Crippen MR) is 101 cm³/mol. The van der Waals surface area contributed by atoms with Gasteiger partial charge in [-0.25, -0.2) is 0 Å². The molecule has 26 heavy (non-hydrogen) atoms. The summed E-state index contributed by atoms with van der Waals surface area (Å²) in [5.41, 5.74) is 1.81. The molecule has 2 aromatic rings. The van der Waals surface area contributed by atoms with Crippen LogP contribution in [0.5, 0.6) is 5.75 Å². The number of hydrogen-bond acceptors (Lipinski definition) is 3. The van der Waals surface area contributed by atoms with Gasteiger partial charge in [-0.05, 0) is 50.1 Å². The summed E-state index contributed by atoms with van der Waals surface area (Å²) in [7, 11) is 0. The standard InChI is InChI=1S/C21H24N2O3/c1-14(2)22-20(24)18-12-19(18)21(25)23-16-8-10-17(11-9-16)26-13-15-6-4-3-5-7-15/h3-11,14,18-19H,12-13H2,1-2H3,(H,22,24)(H,23,25). The summed E-state index contributed by atoms with van der Waals surface area (Å²) in [6.45, 7) is 4.33. The van der Waals surface area contributed by atoms with Gasteiger partial charge in [-0.15, -0.1) is 0 Å². The zero-order chi connectivity index (χ0) is 18.5. The minimum Gasteiger partial charge on any atom is -0.489 e. The summed E-state index contributed by atoms with van der Waals surface area (Å²) < 4.78 is 5.73.